The van der Waals surface area contributed by atoms with Gasteiger partial charge in [0.15, 0.2) is 0 Å². The van der Waals surface area contributed by atoms with Gasteiger partial charge in [-0.1, -0.05) is 12.1 Å². The second kappa shape index (κ2) is 5.31. The summed E-state index contributed by atoms with van der Waals surface area (Å²) in [5, 5.41) is 0. The molecular formula is C12H12IN3O. The fourth-order valence-electron chi connectivity index (χ4n) is 1.57. The van der Waals surface area contributed by atoms with Gasteiger partial charge in [-0.15, -0.1) is 0 Å². The van der Waals surface area contributed by atoms with Crippen molar-refractivity contribution < 1.29 is 4.74 Å². The van der Waals surface area contributed by atoms with Gasteiger partial charge in [0.05, 0.1) is 16.4 Å². The molecular weight excluding hydrogens is 329 g/mol. The van der Waals surface area contributed by atoms with Crippen LogP contribution in [0.25, 0.3) is 0 Å². The number of methoxy groups -OCH3 is 1. The molecule has 5 heteroatoms. The Hall–Kier alpha value is -1.37. The van der Waals surface area contributed by atoms with Crippen LogP contribution in [0.3, 0.4) is 0 Å². The van der Waals surface area contributed by atoms with E-state index >= 15 is 0 Å². The Morgan fingerprint density at radius 3 is 2.76 bits per heavy atom. The molecule has 0 aliphatic carbocycles. The zero-order valence-corrected chi connectivity index (χ0v) is 11.7. The van der Waals surface area contributed by atoms with Crippen molar-refractivity contribution >= 4 is 34.1 Å². The highest BCUT2D eigenvalue weighted by Crippen LogP contribution is 2.32. The molecule has 1 aromatic heterocycles. The number of aromatic nitrogens is 2. The van der Waals surface area contributed by atoms with Gasteiger partial charge in [-0.3, -0.25) is 0 Å². The third-order valence-electron chi connectivity index (χ3n) is 2.41. The van der Waals surface area contributed by atoms with E-state index in [1.54, 1.807) is 19.6 Å². The molecule has 0 fully saturated rings. The predicted molar refractivity (Wildman–Crippen MR) is 75.8 cm³/mol. The first-order chi connectivity index (χ1) is 8.24. The Morgan fingerprint density at radius 2 is 2.06 bits per heavy atom. The van der Waals surface area contributed by atoms with Crippen molar-refractivity contribution in [2.45, 2.75) is 0 Å². The number of nitrogens with zero attached hydrogens (tertiary/aromatic N) is 3. The average molecular weight is 341 g/mol. The maximum absolute atomic E-state index is 5.34. The number of para-hydroxylation sites is 2. The lowest BCUT2D eigenvalue weighted by Gasteiger charge is -2.21. The topological polar surface area (TPSA) is 38.2 Å². The van der Waals surface area contributed by atoms with E-state index in [4.69, 9.17) is 4.74 Å². The Labute approximate surface area is 114 Å². The SMILES string of the molecule is COc1ccccc1N(C)c1ncncc1I. The fourth-order valence-corrected chi connectivity index (χ4v) is 2.24. The summed E-state index contributed by atoms with van der Waals surface area (Å²) in [6.45, 7) is 0. The van der Waals surface area contributed by atoms with Gasteiger partial charge >= 0.3 is 0 Å². The Balaban J connectivity index is 2.44. The van der Waals surface area contributed by atoms with Gasteiger partial charge < -0.3 is 9.64 Å². The highest BCUT2D eigenvalue weighted by molar-refractivity contribution is 14.1. The van der Waals surface area contributed by atoms with Crippen LogP contribution in [-0.2, 0) is 0 Å². The molecule has 4 nitrogen and oxygen atoms in total. The van der Waals surface area contributed by atoms with Crippen molar-refractivity contribution in [1.82, 2.24) is 9.97 Å². The van der Waals surface area contributed by atoms with E-state index in [0.717, 1.165) is 20.8 Å². The molecule has 0 unspecified atom stereocenters. The minimum atomic E-state index is 0.824. The van der Waals surface area contributed by atoms with Gasteiger partial charge in [0.25, 0.3) is 0 Å². The second-order valence-corrected chi connectivity index (χ2v) is 4.59. The summed E-state index contributed by atoms with van der Waals surface area (Å²) >= 11 is 2.22. The van der Waals surface area contributed by atoms with Crippen LogP contribution in [0.4, 0.5) is 11.5 Å². The molecule has 0 radical (unpaired) electrons. The second-order valence-electron chi connectivity index (χ2n) is 3.43. The van der Waals surface area contributed by atoms with E-state index in [1.807, 2.05) is 36.2 Å². The van der Waals surface area contributed by atoms with Crippen molar-refractivity contribution in [1.29, 1.82) is 0 Å². The van der Waals surface area contributed by atoms with Gasteiger partial charge in [0.2, 0.25) is 0 Å². The molecule has 0 saturated heterocycles. The quantitative estimate of drug-likeness (QED) is 0.805. The molecule has 1 heterocycles. The van der Waals surface area contributed by atoms with Crippen LogP contribution in [0.2, 0.25) is 0 Å². The first kappa shape index (κ1) is 12.1. The molecule has 0 spiro atoms. The van der Waals surface area contributed by atoms with Crippen molar-refractivity contribution in [3.8, 4) is 5.75 Å². The largest absolute Gasteiger partial charge is 0.495 e. The molecule has 2 rings (SSSR count). The van der Waals surface area contributed by atoms with Gasteiger partial charge in [-0.2, -0.15) is 0 Å². The maximum atomic E-state index is 5.34. The van der Waals surface area contributed by atoms with Crippen molar-refractivity contribution in [3.05, 3.63) is 40.4 Å². The number of hydrogen-bond acceptors (Lipinski definition) is 4. The highest BCUT2D eigenvalue weighted by Gasteiger charge is 2.12. The molecule has 0 bridgehead atoms. The molecule has 0 atom stereocenters. The van der Waals surface area contributed by atoms with E-state index < -0.39 is 0 Å². The summed E-state index contributed by atoms with van der Waals surface area (Å²) in [5.41, 5.74) is 0.978. The molecule has 2 aromatic rings. The fraction of sp³-hybridized carbons (Fsp3) is 0.167. The van der Waals surface area contributed by atoms with Crippen LogP contribution in [0.1, 0.15) is 0 Å². The smallest absolute Gasteiger partial charge is 0.149 e. The molecule has 0 saturated carbocycles. The number of benzene rings is 1. The molecule has 0 aliphatic heterocycles. The third-order valence-corrected chi connectivity index (χ3v) is 3.17. The van der Waals surface area contributed by atoms with Gasteiger partial charge in [0, 0.05) is 13.2 Å². The standard InChI is InChI=1S/C12H12IN3O/c1-16(12-9(13)7-14-8-15-12)10-5-3-4-6-11(10)17-2/h3-8H,1-2H3. The lowest BCUT2D eigenvalue weighted by atomic mass is 10.2. The predicted octanol–water partition coefficient (Wildman–Crippen LogP) is 2.86. The number of ether oxygens (including phenoxy) is 1. The monoisotopic (exact) mass is 341 g/mol. The lowest BCUT2D eigenvalue weighted by molar-refractivity contribution is 0.415. The van der Waals surface area contributed by atoms with Crippen molar-refractivity contribution in [2.75, 3.05) is 19.1 Å². The van der Waals surface area contributed by atoms with E-state index in [0.29, 0.717) is 0 Å². The van der Waals surface area contributed by atoms with Gasteiger partial charge in [-0.25, -0.2) is 9.97 Å². The first-order valence-electron chi connectivity index (χ1n) is 5.06. The number of hydrogen-bond donors (Lipinski definition) is 0. The van der Waals surface area contributed by atoms with E-state index in [9.17, 15) is 0 Å². The summed E-state index contributed by atoms with van der Waals surface area (Å²) in [4.78, 5) is 10.3. The summed E-state index contributed by atoms with van der Waals surface area (Å²) in [6, 6.07) is 7.85. The number of halogens is 1. The minimum Gasteiger partial charge on any atom is -0.495 e. The lowest BCUT2D eigenvalue weighted by Crippen LogP contribution is -2.13. The molecule has 88 valence electrons. The van der Waals surface area contributed by atoms with Crippen LogP contribution in [-0.4, -0.2) is 24.1 Å². The maximum Gasteiger partial charge on any atom is 0.149 e. The summed E-state index contributed by atoms with van der Waals surface area (Å²) in [6.07, 6.45) is 3.33. The summed E-state index contributed by atoms with van der Waals surface area (Å²) in [5.74, 6) is 1.69. The van der Waals surface area contributed by atoms with Crippen LogP contribution in [0.15, 0.2) is 36.8 Å². The molecule has 0 N–H and O–H groups in total. The van der Waals surface area contributed by atoms with Crippen molar-refractivity contribution in [2.24, 2.45) is 0 Å². The van der Waals surface area contributed by atoms with Crippen LogP contribution >= 0.6 is 22.6 Å². The van der Waals surface area contributed by atoms with Crippen LogP contribution in [0.5, 0.6) is 5.75 Å². The van der Waals surface area contributed by atoms with E-state index in [1.165, 1.54) is 0 Å². The number of anilines is 2. The van der Waals surface area contributed by atoms with Crippen molar-refractivity contribution in [3.63, 3.8) is 0 Å². The van der Waals surface area contributed by atoms with Gasteiger partial charge in [0.1, 0.15) is 17.9 Å². The highest BCUT2D eigenvalue weighted by atomic mass is 127. The Morgan fingerprint density at radius 1 is 1.29 bits per heavy atom. The molecule has 0 amide bonds. The first-order valence-corrected chi connectivity index (χ1v) is 6.14. The van der Waals surface area contributed by atoms with E-state index in [2.05, 4.69) is 32.6 Å². The van der Waals surface area contributed by atoms with Gasteiger partial charge in [-0.05, 0) is 34.7 Å². The normalized spacial score (nSPS) is 10.1. The zero-order chi connectivity index (χ0) is 12.3. The van der Waals surface area contributed by atoms with E-state index in [-0.39, 0.29) is 0 Å². The number of rotatable bonds is 3. The Bertz CT molecular complexity index is 519. The Kier molecular flexibility index (Phi) is 3.78. The zero-order valence-electron chi connectivity index (χ0n) is 9.59. The molecule has 1 aromatic carbocycles. The minimum absolute atomic E-state index is 0.824. The summed E-state index contributed by atoms with van der Waals surface area (Å²) < 4.78 is 6.34. The third kappa shape index (κ3) is 2.49. The van der Waals surface area contributed by atoms with Crippen LogP contribution in [0, 0.1) is 3.57 Å². The molecule has 0 aliphatic rings. The molecule has 17 heavy (non-hydrogen) atoms. The van der Waals surface area contributed by atoms with Crippen LogP contribution < -0.4 is 9.64 Å². The average Bonchev–Trinajstić information content (AvgIpc) is 2.38. The summed E-state index contributed by atoms with van der Waals surface area (Å²) in [7, 11) is 3.62.